The molecular weight excluding hydrogens is 382 g/mol. The molecule has 2 aromatic rings. The zero-order valence-corrected chi connectivity index (χ0v) is 17.5. The molecule has 0 N–H and O–H groups in total. The Labute approximate surface area is 166 Å². The van der Waals surface area contributed by atoms with Gasteiger partial charge in [0, 0.05) is 25.1 Å². The van der Waals surface area contributed by atoms with Gasteiger partial charge in [-0.25, -0.2) is 4.98 Å². The first-order valence-electron chi connectivity index (χ1n) is 9.59. The highest BCUT2D eigenvalue weighted by molar-refractivity contribution is 8.00. The minimum Gasteiger partial charge on any atom is -0.383 e. The molecule has 2 aromatic heterocycles. The standard InChI is InChI=1S/C19H25N3O3S2/c1-12(17(23)21-8-3-4-9-21)26-19-20-16-15(13-6-5-7-14(13)27-16)18(24)22(19)10-11-25-2/h12H,3-11H2,1-2H3/t12-/m1/s1. The second-order valence-corrected chi connectivity index (χ2v) is 9.57. The zero-order chi connectivity index (χ0) is 19.0. The van der Waals surface area contributed by atoms with E-state index in [0.717, 1.165) is 55.4 Å². The van der Waals surface area contributed by atoms with E-state index in [0.29, 0.717) is 18.3 Å². The van der Waals surface area contributed by atoms with Crippen molar-refractivity contribution in [2.45, 2.75) is 56.0 Å². The van der Waals surface area contributed by atoms with E-state index < -0.39 is 0 Å². The van der Waals surface area contributed by atoms with Crippen LogP contribution in [0.25, 0.3) is 10.2 Å². The molecular formula is C19H25N3O3S2. The predicted molar refractivity (Wildman–Crippen MR) is 109 cm³/mol. The second kappa shape index (κ2) is 7.93. The zero-order valence-electron chi connectivity index (χ0n) is 15.8. The third-order valence-corrected chi connectivity index (χ3v) is 7.62. The van der Waals surface area contributed by atoms with Crippen LogP contribution in [0.5, 0.6) is 0 Å². The van der Waals surface area contributed by atoms with Gasteiger partial charge in [0.05, 0.1) is 23.8 Å². The molecule has 1 atom stereocenters. The second-order valence-electron chi connectivity index (χ2n) is 7.17. The smallest absolute Gasteiger partial charge is 0.263 e. The minimum atomic E-state index is -0.256. The van der Waals surface area contributed by atoms with Crippen LogP contribution in [0.15, 0.2) is 9.95 Å². The molecule has 0 unspecified atom stereocenters. The highest BCUT2D eigenvalue weighted by Gasteiger charge is 2.27. The molecule has 3 heterocycles. The van der Waals surface area contributed by atoms with Gasteiger partial charge in [0.1, 0.15) is 4.83 Å². The average molecular weight is 408 g/mol. The lowest BCUT2D eigenvalue weighted by Gasteiger charge is -2.20. The van der Waals surface area contributed by atoms with E-state index in [9.17, 15) is 9.59 Å². The quantitative estimate of drug-likeness (QED) is 0.544. The van der Waals surface area contributed by atoms with Gasteiger partial charge in [-0.2, -0.15) is 0 Å². The Morgan fingerprint density at radius 2 is 2.07 bits per heavy atom. The Kier molecular flexibility index (Phi) is 5.57. The van der Waals surface area contributed by atoms with Crippen molar-refractivity contribution < 1.29 is 9.53 Å². The molecule has 6 nitrogen and oxygen atoms in total. The molecule has 1 saturated heterocycles. The number of hydrogen-bond donors (Lipinski definition) is 0. The topological polar surface area (TPSA) is 64.4 Å². The Hall–Kier alpha value is -1.38. The molecule has 1 aliphatic heterocycles. The summed E-state index contributed by atoms with van der Waals surface area (Å²) in [4.78, 5) is 34.8. The summed E-state index contributed by atoms with van der Waals surface area (Å²) in [6.07, 6.45) is 5.28. The van der Waals surface area contributed by atoms with Crippen LogP contribution in [-0.2, 0) is 28.9 Å². The largest absolute Gasteiger partial charge is 0.383 e. The summed E-state index contributed by atoms with van der Waals surface area (Å²) in [5.74, 6) is 0.138. The third kappa shape index (κ3) is 3.54. The van der Waals surface area contributed by atoms with Crippen molar-refractivity contribution in [2.75, 3.05) is 26.8 Å². The van der Waals surface area contributed by atoms with Crippen LogP contribution in [0.2, 0.25) is 0 Å². The first-order valence-corrected chi connectivity index (χ1v) is 11.3. The number of hydrogen-bond acceptors (Lipinski definition) is 6. The lowest BCUT2D eigenvalue weighted by molar-refractivity contribution is -0.129. The van der Waals surface area contributed by atoms with Gasteiger partial charge in [-0.15, -0.1) is 11.3 Å². The molecule has 2 aliphatic rings. The van der Waals surface area contributed by atoms with Gasteiger partial charge in [-0.3, -0.25) is 14.2 Å². The Balaban J connectivity index is 1.70. The van der Waals surface area contributed by atoms with Crippen molar-refractivity contribution in [1.29, 1.82) is 0 Å². The molecule has 0 bridgehead atoms. The number of fused-ring (bicyclic) bond motifs is 3. The van der Waals surface area contributed by atoms with Gasteiger partial charge < -0.3 is 9.64 Å². The average Bonchev–Trinajstić information content (AvgIpc) is 3.37. The molecule has 1 aliphatic carbocycles. The minimum absolute atomic E-state index is 0.0137. The number of rotatable bonds is 6. The van der Waals surface area contributed by atoms with Gasteiger partial charge in [-0.1, -0.05) is 11.8 Å². The molecule has 0 spiro atoms. The monoisotopic (exact) mass is 407 g/mol. The summed E-state index contributed by atoms with van der Waals surface area (Å²) in [7, 11) is 1.63. The molecule has 0 aromatic carbocycles. The number of aromatic nitrogens is 2. The fourth-order valence-corrected chi connectivity index (χ4v) is 6.25. The lowest BCUT2D eigenvalue weighted by Crippen LogP contribution is -2.35. The van der Waals surface area contributed by atoms with E-state index in [1.54, 1.807) is 23.0 Å². The van der Waals surface area contributed by atoms with E-state index in [2.05, 4.69) is 0 Å². The van der Waals surface area contributed by atoms with Crippen molar-refractivity contribution in [3.63, 3.8) is 0 Å². The summed E-state index contributed by atoms with van der Waals surface area (Å²) in [6, 6.07) is 0. The number of likely N-dealkylation sites (tertiary alicyclic amines) is 1. The van der Waals surface area contributed by atoms with Crippen LogP contribution in [0.3, 0.4) is 0 Å². The molecule has 0 radical (unpaired) electrons. The molecule has 146 valence electrons. The van der Waals surface area contributed by atoms with E-state index >= 15 is 0 Å². The van der Waals surface area contributed by atoms with Crippen molar-refractivity contribution in [2.24, 2.45) is 0 Å². The van der Waals surface area contributed by atoms with Gasteiger partial charge in [-0.05, 0) is 44.6 Å². The Bertz CT molecular complexity index is 915. The van der Waals surface area contributed by atoms with E-state index in [1.165, 1.54) is 22.2 Å². The molecule has 4 rings (SSSR count). The van der Waals surface area contributed by atoms with Gasteiger partial charge in [0.15, 0.2) is 5.16 Å². The molecule has 27 heavy (non-hydrogen) atoms. The summed E-state index contributed by atoms with van der Waals surface area (Å²) < 4.78 is 6.91. The number of thioether (sulfide) groups is 1. The molecule has 8 heteroatoms. The fraction of sp³-hybridized carbons (Fsp3) is 0.632. The number of thiophene rings is 1. The first kappa shape index (κ1) is 19.0. The van der Waals surface area contributed by atoms with Crippen LogP contribution in [0, 0.1) is 0 Å². The van der Waals surface area contributed by atoms with Gasteiger partial charge in [0.2, 0.25) is 5.91 Å². The Morgan fingerprint density at radius 3 is 2.81 bits per heavy atom. The summed E-state index contributed by atoms with van der Waals surface area (Å²) in [5, 5.41) is 1.16. The third-order valence-electron chi connectivity index (χ3n) is 5.36. The van der Waals surface area contributed by atoms with E-state index in [1.807, 2.05) is 11.8 Å². The maximum absolute atomic E-state index is 13.2. The van der Waals surface area contributed by atoms with Gasteiger partial charge in [0.25, 0.3) is 5.56 Å². The number of methoxy groups -OCH3 is 1. The number of nitrogens with zero attached hydrogens (tertiary/aromatic N) is 3. The summed E-state index contributed by atoms with van der Waals surface area (Å²) in [6.45, 7) is 4.49. The van der Waals surface area contributed by atoms with Crippen LogP contribution >= 0.6 is 23.1 Å². The van der Waals surface area contributed by atoms with E-state index in [4.69, 9.17) is 9.72 Å². The Morgan fingerprint density at radius 1 is 1.30 bits per heavy atom. The highest BCUT2D eigenvalue weighted by Crippen LogP contribution is 2.36. The molecule has 1 fully saturated rings. The maximum atomic E-state index is 13.2. The molecule has 0 saturated carbocycles. The highest BCUT2D eigenvalue weighted by atomic mass is 32.2. The summed E-state index contributed by atoms with van der Waals surface area (Å²) >= 11 is 3.04. The van der Waals surface area contributed by atoms with Crippen LogP contribution in [0.1, 0.15) is 36.6 Å². The maximum Gasteiger partial charge on any atom is 0.263 e. The normalized spacial score (nSPS) is 17.6. The number of amides is 1. The number of ether oxygens (including phenoxy) is 1. The first-order chi connectivity index (χ1) is 13.1. The van der Waals surface area contributed by atoms with Crippen molar-refractivity contribution in [1.82, 2.24) is 14.5 Å². The van der Waals surface area contributed by atoms with Crippen LogP contribution < -0.4 is 5.56 Å². The van der Waals surface area contributed by atoms with Crippen LogP contribution in [-0.4, -0.2) is 52.4 Å². The van der Waals surface area contributed by atoms with Crippen LogP contribution in [0.4, 0.5) is 0 Å². The van der Waals surface area contributed by atoms with Crippen molar-refractivity contribution >= 4 is 39.2 Å². The number of aryl methyl sites for hydroxylation is 2. The van der Waals surface area contributed by atoms with Gasteiger partial charge >= 0.3 is 0 Å². The fourth-order valence-electron chi connectivity index (χ4n) is 3.93. The van der Waals surface area contributed by atoms with E-state index in [-0.39, 0.29) is 16.7 Å². The van der Waals surface area contributed by atoms with Crippen molar-refractivity contribution in [3.05, 3.63) is 20.8 Å². The lowest BCUT2D eigenvalue weighted by atomic mass is 10.2. The number of carbonyl (C=O) groups excluding carboxylic acids is 1. The summed E-state index contributed by atoms with van der Waals surface area (Å²) in [5.41, 5.74) is 1.20. The van der Waals surface area contributed by atoms with Crippen molar-refractivity contribution in [3.8, 4) is 0 Å². The molecule has 1 amide bonds. The SMILES string of the molecule is COCCn1c(S[C@H](C)C(=O)N2CCCC2)nc2sc3c(c2c1=O)CCC3. The number of carbonyl (C=O) groups is 1. The predicted octanol–water partition coefficient (Wildman–Crippen LogP) is 2.70.